The molecule has 0 N–H and O–H groups in total. The molecule has 5 rings (SSSR count). The maximum absolute atomic E-state index is 5.54. The topological polar surface area (TPSA) is 73.9 Å². The summed E-state index contributed by atoms with van der Waals surface area (Å²) in [6.45, 7) is 3.51. The third kappa shape index (κ3) is 3.64. The third-order valence-electron chi connectivity index (χ3n) is 6.01. The molecule has 2 fully saturated rings. The van der Waals surface area contributed by atoms with E-state index in [0.29, 0.717) is 11.8 Å². The number of aryl methyl sites for hydroxylation is 1. The van der Waals surface area contributed by atoms with Crippen LogP contribution in [0.3, 0.4) is 0 Å². The summed E-state index contributed by atoms with van der Waals surface area (Å²) < 4.78 is 9.42. The van der Waals surface area contributed by atoms with Crippen molar-refractivity contribution >= 4 is 5.82 Å². The average molecular weight is 393 g/mol. The number of nitrogens with zero attached hydrogens (tertiary/aromatic N) is 7. The Balaban J connectivity index is 1.49. The number of ether oxygens (including phenoxy) is 1. The summed E-state index contributed by atoms with van der Waals surface area (Å²) in [7, 11) is 1.95. The molecule has 8 nitrogen and oxygen atoms in total. The van der Waals surface area contributed by atoms with Crippen LogP contribution in [-0.4, -0.2) is 55.8 Å². The standard InChI is InChI=1S/C21H27N7O/c1-26-19(7-11-23-26)28-21(24-20(25-28)16-8-13-29-14-9-16)17-5-4-12-27(15-17)18-6-2-3-10-22-18/h2-3,6-7,10-11,16-17H,4-5,8-9,12-15H2,1H3. The molecule has 0 spiro atoms. The predicted molar refractivity (Wildman–Crippen MR) is 109 cm³/mol. The Morgan fingerprint density at radius 3 is 2.69 bits per heavy atom. The van der Waals surface area contributed by atoms with Gasteiger partial charge in [-0.1, -0.05) is 6.07 Å². The van der Waals surface area contributed by atoms with Gasteiger partial charge in [0, 0.05) is 57.4 Å². The van der Waals surface area contributed by atoms with Gasteiger partial charge in [-0.2, -0.15) is 9.78 Å². The molecule has 0 radical (unpaired) electrons. The second-order valence-electron chi connectivity index (χ2n) is 7.91. The quantitative estimate of drug-likeness (QED) is 0.679. The Kier molecular flexibility index (Phi) is 5.01. The molecule has 3 aromatic heterocycles. The molecule has 1 unspecified atom stereocenters. The Bertz CT molecular complexity index is 945. The van der Waals surface area contributed by atoms with E-state index in [4.69, 9.17) is 14.8 Å². The second-order valence-corrected chi connectivity index (χ2v) is 7.91. The molecule has 1 atom stereocenters. The fourth-order valence-corrected chi connectivity index (χ4v) is 4.41. The zero-order valence-corrected chi connectivity index (χ0v) is 16.8. The van der Waals surface area contributed by atoms with Crippen LogP contribution >= 0.6 is 0 Å². The number of pyridine rings is 1. The molecule has 8 heteroatoms. The van der Waals surface area contributed by atoms with Crippen molar-refractivity contribution in [2.75, 3.05) is 31.2 Å². The maximum atomic E-state index is 5.54. The van der Waals surface area contributed by atoms with Crippen molar-refractivity contribution in [1.82, 2.24) is 29.5 Å². The van der Waals surface area contributed by atoms with Crippen molar-refractivity contribution < 1.29 is 4.74 Å². The van der Waals surface area contributed by atoms with Crippen LogP contribution in [0.5, 0.6) is 0 Å². The molecule has 152 valence electrons. The van der Waals surface area contributed by atoms with Gasteiger partial charge in [-0.25, -0.2) is 9.97 Å². The lowest BCUT2D eigenvalue weighted by Crippen LogP contribution is -2.36. The van der Waals surface area contributed by atoms with E-state index in [1.807, 2.05) is 47.0 Å². The smallest absolute Gasteiger partial charge is 0.154 e. The van der Waals surface area contributed by atoms with E-state index in [0.717, 1.165) is 75.3 Å². The molecule has 29 heavy (non-hydrogen) atoms. The largest absolute Gasteiger partial charge is 0.381 e. The second kappa shape index (κ2) is 7.94. The predicted octanol–water partition coefficient (Wildman–Crippen LogP) is 2.67. The summed E-state index contributed by atoms with van der Waals surface area (Å²) in [5.74, 6) is 4.65. The summed E-state index contributed by atoms with van der Waals surface area (Å²) in [5, 5.41) is 9.32. The first-order valence-corrected chi connectivity index (χ1v) is 10.5. The molecule has 0 amide bonds. The number of hydrogen-bond donors (Lipinski definition) is 0. The zero-order valence-electron chi connectivity index (χ0n) is 16.8. The summed E-state index contributed by atoms with van der Waals surface area (Å²) in [5.41, 5.74) is 0. The maximum Gasteiger partial charge on any atom is 0.154 e. The molecule has 0 aromatic carbocycles. The van der Waals surface area contributed by atoms with Gasteiger partial charge in [-0.05, 0) is 37.8 Å². The number of anilines is 1. The van der Waals surface area contributed by atoms with E-state index in [1.165, 1.54) is 0 Å². The van der Waals surface area contributed by atoms with Gasteiger partial charge in [-0.15, -0.1) is 5.10 Å². The van der Waals surface area contributed by atoms with Crippen LogP contribution in [0.25, 0.3) is 5.82 Å². The monoisotopic (exact) mass is 393 g/mol. The third-order valence-corrected chi connectivity index (χ3v) is 6.01. The molecule has 0 saturated carbocycles. The number of piperidine rings is 1. The lowest BCUT2D eigenvalue weighted by molar-refractivity contribution is 0.0836. The van der Waals surface area contributed by atoms with E-state index in [2.05, 4.69) is 21.0 Å². The Morgan fingerprint density at radius 2 is 1.93 bits per heavy atom. The van der Waals surface area contributed by atoms with Crippen LogP contribution in [0.1, 0.15) is 49.2 Å². The molecule has 5 heterocycles. The first-order valence-electron chi connectivity index (χ1n) is 10.5. The van der Waals surface area contributed by atoms with Crippen LogP contribution in [0, 0.1) is 0 Å². The first-order chi connectivity index (χ1) is 14.3. The van der Waals surface area contributed by atoms with Gasteiger partial charge < -0.3 is 9.64 Å². The molecule has 0 bridgehead atoms. The number of rotatable bonds is 4. The van der Waals surface area contributed by atoms with Gasteiger partial charge in [0.25, 0.3) is 0 Å². The van der Waals surface area contributed by atoms with Crippen molar-refractivity contribution in [1.29, 1.82) is 0 Å². The van der Waals surface area contributed by atoms with Crippen LogP contribution < -0.4 is 4.90 Å². The van der Waals surface area contributed by atoms with Crippen LogP contribution in [0.15, 0.2) is 36.7 Å². The van der Waals surface area contributed by atoms with Gasteiger partial charge in [0.2, 0.25) is 0 Å². The highest BCUT2D eigenvalue weighted by atomic mass is 16.5. The highest BCUT2D eigenvalue weighted by Crippen LogP contribution is 2.32. The van der Waals surface area contributed by atoms with Crippen molar-refractivity contribution in [2.45, 2.75) is 37.5 Å². The summed E-state index contributed by atoms with van der Waals surface area (Å²) >= 11 is 0. The minimum Gasteiger partial charge on any atom is -0.381 e. The van der Waals surface area contributed by atoms with Gasteiger partial charge >= 0.3 is 0 Å². The van der Waals surface area contributed by atoms with E-state index >= 15 is 0 Å². The minimum atomic E-state index is 0.307. The molecule has 3 aromatic rings. The summed E-state index contributed by atoms with van der Waals surface area (Å²) in [6.07, 6.45) is 7.87. The van der Waals surface area contributed by atoms with Crippen molar-refractivity contribution in [3.8, 4) is 5.82 Å². The van der Waals surface area contributed by atoms with E-state index < -0.39 is 0 Å². The van der Waals surface area contributed by atoms with Crippen LogP contribution in [0.4, 0.5) is 5.82 Å². The normalized spacial score (nSPS) is 20.9. The molecular weight excluding hydrogens is 366 g/mol. The van der Waals surface area contributed by atoms with Gasteiger partial charge in [-0.3, -0.25) is 4.68 Å². The fourth-order valence-electron chi connectivity index (χ4n) is 4.41. The van der Waals surface area contributed by atoms with Gasteiger partial charge in [0.15, 0.2) is 11.6 Å². The van der Waals surface area contributed by atoms with Crippen molar-refractivity contribution in [3.05, 3.63) is 48.3 Å². The highest BCUT2D eigenvalue weighted by Gasteiger charge is 2.30. The molecule has 0 aliphatic carbocycles. The van der Waals surface area contributed by atoms with Gasteiger partial charge in [0.05, 0.1) is 6.20 Å². The summed E-state index contributed by atoms with van der Waals surface area (Å²) in [4.78, 5) is 12.0. The Morgan fingerprint density at radius 1 is 1.03 bits per heavy atom. The van der Waals surface area contributed by atoms with Crippen LogP contribution in [-0.2, 0) is 11.8 Å². The summed E-state index contributed by atoms with van der Waals surface area (Å²) in [6, 6.07) is 8.10. The Hall–Kier alpha value is -2.74. The van der Waals surface area contributed by atoms with E-state index in [-0.39, 0.29) is 0 Å². The number of aromatic nitrogens is 6. The van der Waals surface area contributed by atoms with Crippen LogP contribution in [0.2, 0.25) is 0 Å². The molecular formula is C21H27N7O. The number of hydrogen-bond acceptors (Lipinski definition) is 6. The molecule has 2 aliphatic rings. The molecule has 2 aliphatic heterocycles. The lowest BCUT2D eigenvalue weighted by Gasteiger charge is -2.33. The average Bonchev–Trinajstić information content (AvgIpc) is 3.41. The zero-order chi connectivity index (χ0) is 19.6. The van der Waals surface area contributed by atoms with Gasteiger partial charge in [0.1, 0.15) is 11.6 Å². The van der Waals surface area contributed by atoms with Crippen molar-refractivity contribution in [3.63, 3.8) is 0 Å². The fraction of sp³-hybridized carbons (Fsp3) is 0.524. The Labute approximate surface area is 170 Å². The molecule has 2 saturated heterocycles. The lowest BCUT2D eigenvalue weighted by atomic mass is 9.96. The van der Waals surface area contributed by atoms with Crippen molar-refractivity contribution in [2.24, 2.45) is 7.05 Å². The highest BCUT2D eigenvalue weighted by molar-refractivity contribution is 5.39. The van der Waals surface area contributed by atoms with E-state index in [1.54, 1.807) is 0 Å². The minimum absolute atomic E-state index is 0.307. The van der Waals surface area contributed by atoms with E-state index in [9.17, 15) is 0 Å². The SMILES string of the molecule is Cn1nccc1-n1nc(C2CCOCC2)nc1C1CCCN(c2ccccn2)C1. The first kappa shape index (κ1) is 18.3.